The third-order valence-corrected chi connectivity index (χ3v) is 0.586. The zero-order valence-electron chi connectivity index (χ0n) is 3.04. The SMILES string of the molecule is ClB(Cl)N=C(Cl)Cl. The maximum atomic E-state index is 5.08. The summed E-state index contributed by atoms with van der Waals surface area (Å²) in [7, 11) is 0. The topological polar surface area (TPSA) is 12.4 Å². The summed E-state index contributed by atoms with van der Waals surface area (Å²) in [5.74, 6) is 0. The molecule has 0 spiro atoms. The Bertz CT molecular complexity index is 75.8. The van der Waals surface area contributed by atoms with Crippen molar-refractivity contribution in [1.82, 2.24) is 0 Å². The van der Waals surface area contributed by atoms with Crippen molar-refractivity contribution in [2.45, 2.75) is 0 Å². The van der Waals surface area contributed by atoms with E-state index in [1.165, 1.54) is 0 Å². The fourth-order valence-electron chi connectivity index (χ4n) is 0.0738. The van der Waals surface area contributed by atoms with Crippen LogP contribution in [0.1, 0.15) is 0 Å². The number of nitrogens with zero attached hydrogens (tertiary/aromatic N) is 1. The van der Waals surface area contributed by atoms with Crippen molar-refractivity contribution in [3.63, 3.8) is 0 Å². The van der Waals surface area contributed by atoms with Crippen LogP contribution in [0.15, 0.2) is 4.90 Å². The Morgan fingerprint density at radius 1 is 1.29 bits per heavy atom. The van der Waals surface area contributed by atoms with Gasteiger partial charge in [0.1, 0.15) is 0 Å². The van der Waals surface area contributed by atoms with Crippen molar-refractivity contribution in [2.75, 3.05) is 0 Å². The molecule has 0 atom stereocenters. The van der Waals surface area contributed by atoms with Crippen LogP contribution in [0.5, 0.6) is 0 Å². The van der Waals surface area contributed by atoms with Crippen LogP contribution in [0, 0.1) is 0 Å². The predicted molar refractivity (Wildman–Crippen MR) is 36.6 cm³/mol. The van der Waals surface area contributed by atoms with Gasteiger partial charge >= 0.3 is 5.68 Å². The highest BCUT2D eigenvalue weighted by Gasteiger charge is 2.01. The van der Waals surface area contributed by atoms with Crippen LogP contribution in [0.2, 0.25) is 0 Å². The van der Waals surface area contributed by atoms with Gasteiger partial charge in [0.25, 0.3) is 0 Å². The van der Waals surface area contributed by atoms with Gasteiger partial charge in [-0.1, -0.05) is 23.2 Å². The van der Waals surface area contributed by atoms with E-state index in [0.29, 0.717) is 0 Å². The summed E-state index contributed by atoms with van der Waals surface area (Å²) in [6.45, 7) is 0. The van der Waals surface area contributed by atoms with Crippen molar-refractivity contribution in [3.8, 4) is 0 Å². The van der Waals surface area contributed by atoms with E-state index in [2.05, 4.69) is 4.90 Å². The number of hydrogen-bond donors (Lipinski definition) is 0. The maximum absolute atomic E-state index is 5.08. The van der Waals surface area contributed by atoms with E-state index in [1.807, 2.05) is 0 Å². The lowest BCUT2D eigenvalue weighted by molar-refractivity contribution is 1.93. The van der Waals surface area contributed by atoms with Crippen molar-refractivity contribution in [1.29, 1.82) is 0 Å². The molecule has 0 bridgehead atoms. The highest BCUT2D eigenvalue weighted by molar-refractivity contribution is 7.33. The third-order valence-electron chi connectivity index (χ3n) is 0.195. The molecule has 0 aromatic heterocycles. The smallest absolute Gasteiger partial charge is 0.285 e. The average Bonchev–Trinajstić information content (AvgIpc) is 1.27. The fourth-order valence-corrected chi connectivity index (χ4v) is 0.664. The predicted octanol–water partition coefficient (Wildman–Crippen LogP) is 2.28. The summed E-state index contributed by atoms with van der Waals surface area (Å²) in [4.78, 5) is 3.26. The molecule has 0 heterocycles. The molecule has 0 fully saturated rings. The molecule has 0 radical (unpaired) electrons. The molecule has 0 unspecified atom stereocenters. The van der Waals surface area contributed by atoms with Gasteiger partial charge in [-0.15, -0.1) is 22.9 Å². The van der Waals surface area contributed by atoms with Gasteiger partial charge < -0.3 is 0 Å². The second-order valence-electron chi connectivity index (χ2n) is 0.647. The summed E-state index contributed by atoms with van der Waals surface area (Å²) in [6, 6.07) is 0. The Labute approximate surface area is 61.5 Å². The summed E-state index contributed by atoms with van der Waals surface area (Å²) in [5, 5.41) is 0. The third kappa shape index (κ3) is 6.89. The van der Waals surface area contributed by atoms with E-state index in [4.69, 9.17) is 46.1 Å². The van der Waals surface area contributed by atoms with E-state index in [1.54, 1.807) is 0 Å². The van der Waals surface area contributed by atoms with Crippen molar-refractivity contribution in [2.24, 2.45) is 4.90 Å². The molecule has 0 saturated carbocycles. The second kappa shape index (κ2) is 3.84. The molecular weight excluding hydrogens is 179 g/mol. The first-order valence-electron chi connectivity index (χ1n) is 1.30. The minimum Gasteiger partial charge on any atom is -0.285 e. The lowest BCUT2D eigenvalue weighted by atomic mass is 10.4. The van der Waals surface area contributed by atoms with Gasteiger partial charge in [-0.05, 0) is 0 Å². The van der Waals surface area contributed by atoms with Crippen LogP contribution in [0.4, 0.5) is 0 Å². The molecule has 0 rings (SSSR count). The minimum absolute atomic E-state index is 0.157. The van der Waals surface area contributed by atoms with E-state index in [-0.39, 0.29) is 4.63 Å². The Balaban J connectivity index is 3.45. The molecule has 0 aliphatic carbocycles. The summed E-state index contributed by atoms with van der Waals surface area (Å²) in [6.07, 6.45) is 0. The molecule has 0 saturated heterocycles. The van der Waals surface area contributed by atoms with Gasteiger partial charge in [0.2, 0.25) is 0 Å². The molecule has 0 aliphatic heterocycles. The monoisotopic (exact) mass is 177 g/mol. The molecule has 40 valence electrons. The van der Waals surface area contributed by atoms with E-state index in [0.717, 1.165) is 0 Å². The van der Waals surface area contributed by atoms with E-state index >= 15 is 0 Å². The maximum Gasteiger partial charge on any atom is 0.487 e. The standard InChI is InChI=1S/CBCl4N/c3-1(4)7-2(5)6. The zero-order chi connectivity index (χ0) is 5.86. The second-order valence-corrected chi connectivity index (χ2v) is 2.61. The molecule has 0 aromatic carbocycles. The van der Waals surface area contributed by atoms with Crippen molar-refractivity contribution in [3.05, 3.63) is 0 Å². The quantitative estimate of drug-likeness (QED) is 0.432. The van der Waals surface area contributed by atoms with Gasteiger partial charge in [-0.3, -0.25) is 4.90 Å². The Morgan fingerprint density at radius 2 is 1.71 bits per heavy atom. The minimum atomic E-state index is -0.856. The molecule has 1 nitrogen and oxygen atoms in total. The molecule has 7 heavy (non-hydrogen) atoms. The lowest BCUT2D eigenvalue weighted by Gasteiger charge is -1.80. The van der Waals surface area contributed by atoms with E-state index < -0.39 is 5.68 Å². The van der Waals surface area contributed by atoms with Crippen LogP contribution in [0.25, 0.3) is 0 Å². The molecule has 0 amide bonds. The van der Waals surface area contributed by atoms with E-state index in [9.17, 15) is 0 Å². The van der Waals surface area contributed by atoms with Gasteiger partial charge in [-0.2, -0.15) is 0 Å². The van der Waals surface area contributed by atoms with Crippen LogP contribution in [-0.4, -0.2) is 10.3 Å². The summed E-state index contributed by atoms with van der Waals surface area (Å²) in [5.41, 5.74) is -0.856. The first kappa shape index (κ1) is 7.89. The highest BCUT2D eigenvalue weighted by atomic mass is 35.5. The largest absolute Gasteiger partial charge is 0.487 e. The van der Waals surface area contributed by atoms with Crippen LogP contribution in [0.3, 0.4) is 0 Å². The van der Waals surface area contributed by atoms with Crippen LogP contribution >= 0.6 is 46.1 Å². The van der Waals surface area contributed by atoms with Crippen molar-refractivity contribution >= 4 is 56.4 Å². The Morgan fingerprint density at radius 3 is 1.71 bits per heavy atom. The number of rotatable bonds is 1. The molecule has 0 aliphatic rings. The number of halogens is 4. The molecular formula is CBCl4N. The normalized spacial score (nSPS) is 8.00. The van der Waals surface area contributed by atoms with Crippen molar-refractivity contribution < 1.29 is 0 Å². The molecule has 0 N–H and O–H groups in total. The van der Waals surface area contributed by atoms with Gasteiger partial charge in [0.05, 0.1) is 0 Å². The Hall–Kier alpha value is 0.895. The molecule has 0 aromatic rings. The molecule has 6 heteroatoms. The lowest BCUT2D eigenvalue weighted by Crippen LogP contribution is -1.86. The van der Waals surface area contributed by atoms with Gasteiger partial charge in [0.15, 0.2) is 4.63 Å². The summed E-state index contributed by atoms with van der Waals surface area (Å²) < 4.78 is -0.157. The van der Waals surface area contributed by atoms with Gasteiger partial charge in [-0.25, -0.2) is 0 Å². The van der Waals surface area contributed by atoms with Crippen LogP contribution < -0.4 is 0 Å². The zero-order valence-corrected chi connectivity index (χ0v) is 6.06. The highest BCUT2D eigenvalue weighted by Crippen LogP contribution is 2.01. The first-order chi connectivity index (χ1) is 3.13. The fraction of sp³-hybridized carbons (Fsp3) is 0. The average molecular weight is 179 g/mol. The van der Waals surface area contributed by atoms with Gasteiger partial charge in [0, 0.05) is 0 Å². The first-order valence-corrected chi connectivity index (χ1v) is 2.93. The summed E-state index contributed by atoms with van der Waals surface area (Å²) >= 11 is 20.2. The number of hydrogen-bond acceptors (Lipinski definition) is 1. The van der Waals surface area contributed by atoms with Crippen LogP contribution in [-0.2, 0) is 0 Å². The Kier molecular flexibility index (Phi) is 4.34.